The Kier molecular flexibility index (Phi) is 5.98. The number of hydrogen-bond acceptors (Lipinski definition) is 3. The first-order chi connectivity index (χ1) is 12.7. The topological polar surface area (TPSA) is 67.1 Å². The van der Waals surface area contributed by atoms with Crippen LogP contribution in [0.2, 0.25) is 0 Å². The smallest absolute Gasteiger partial charge is 0.191 e. The highest BCUT2D eigenvalue weighted by Gasteiger charge is 2.01. The highest BCUT2D eigenvalue weighted by atomic mass is 15.2. The van der Waals surface area contributed by atoms with Gasteiger partial charge in [-0.05, 0) is 37.1 Å². The molecular weight excluding hydrogens is 324 g/mol. The molecule has 0 aliphatic heterocycles. The number of aromatic nitrogens is 3. The number of benzene rings is 1. The number of guanidine groups is 1. The summed E-state index contributed by atoms with van der Waals surface area (Å²) in [4.78, 5) is 13.1. The molecule has 0 atom stereocenters. The van der Waals surface area contributed by atoms with E-state index >= 15 is 0 Å². The second-order valence-corrected chi connectivity index (χ2v) is 6.03. The van der Waals surface area contributed by atoms with E-state index in [4.69, 9.17) is 0 Å². The van der Waals surface area contributed by atoms with Gasteiger partial charge in [-0.15, -0.1) is 0 Å². The molecule has 0 aliphatic carbocycles. The molecule has 0 fully saturated rings. The van der Waals surface area contributed by atoms with E-state index in [-0.39, 0.29) is 0 Å². The summed E-state index contributed by atoms with van der Waals surface area (Å²) in [5, 5.41) is 6.66. The van der Waals surface area contributed by atoms with Crippen LogP contribution in [0.25, 0.3) is 5.82 Å². The molecule has 0 bridgehead atoms. The monoisotopic (exact) mass is 348 g/mol. The molecule has 0 saturated carbocycles. The highest BCUT2D eigenvalue weighted by molar-refractivity contribution is 5.79. The number of hydrogen-bond donors (Lipinski definition) is 2. The molecule has 6 heteroatoms. The standard InChI is InChI=1S/C20H24N6/c1-3-22-20(24-13-17-6-4-16(2)5-7-17)25-14-18-8-9-23-19(12-18)26-11-10-21-15-26/h4-12,15H,3,13-14H2,1-2H3,(H2,22,24,25). The Balaban J connectivity index is 1.65. The molecule has 0 unspecified atom stereocenters. The van der Waals surface area contributed by atoms with Gasteiger partial charge in [-0.25, -0.2) is 15.0 Å². The number of pyridine rings is 1. The first kappa shape index (κ1) is 17.7. The third-order valence-corrected chi connectivity index (χ3v) is 3.92. The molecule has 0 saturated heterocycles. The van der Waals surface area contributed by atoms with Crippen LogP contribution in [0.4, 0.5) is 0 Å². The maximum Gasteiger partial charge on any atom is 0.191 e. The Morgan fingerprint density at radius 3 is 2.65 bits per heavy atom. The molecule has 26 heavy (non-hydrogen) atoms. The lowest BCUT2D eigenvalue weighted by molar-refractivity contribution is 0.815. The van der Waals surface area contributed by atoms with Crippen LogP contribution >= 0.6 is 0 Å². The molecule has 0 spiro atoms. The van der Waals surface area contributed by atoms with Crippen LogP contribution < -0.4 is 10.6 Å². The molecule has 0 aliphatic rings. The van der Waals surface area contributed by atoms with Crippen molar-refractivity contribution >= 4 is 5.96 Å². The summed E-state index contributed by atoms with van der Waals surface area (Å²) in [7, 11) is 0. The number of nitrogens with one attached hydrogen (secondary N) is 2. The van der Waals surface area contributed by atoms with Gasteiger partial charge in [-0.1, -0.05) is 29.8 Å². The molecule has 2 N–H and O–H groups in total. The zero-order chi connectivity index (χ0) is 18.2. The Hall–Kier alpha value is -3.15. The molecule has 2 heterocycles. The van der Waals surface area contributed by atoms with Crippen LogP contribution in [0.5, 0.6) is 0 Å². The molecule has 134 valence electrons. The molecule has 0 amide bonds. The van der Waals surface area contributed by atoms with E-state index in [2.05, 4.69) is 63.7 Å². The van der Waals surface area contributed by atoms with Gasteiger partial charge in [0.1, 0.15) is 12.1 Å². The minimum Gasteiger partial charge on any atom is -0.357 e. The van der Waals surface area contributed by atoms with Crippen molar-refractivity contribution in [1.82, 2.24) is 25.2 Å². The number of rotatable bonds is 6. The van der Waals surface area contributed by atoms with Crippen molar-refractivity contribution in [3.63, 3.8) is 0 Å². The van der Waals surface area contributed by atoms with Crippen molar-refractivity contribution in [2.75, 3.05) is 6.54 Å². The van der Waals surface area contributed by atoms with Crippen molar-refractivity contribution in [3.8, 4) is 5.82 Å². The quantitative estimate of drug-likeness (QED) is 0.531. The Bertz CT molecular complexity index is 837. The zero-order valence-electron chi connectivity index (χ0n) is 15.2. The van der Waals surface area contributed by atoms with Gasteiger partial charge in [-0.2, -0.15) is 0 Å². The summed E-state index contributed by atoms with van der Waals surface area (Å²) in [6.45, 7) is 6.29. The Labute approximate surface area is 154 Å². The Morgan fingerprint density at radius 2 is 1.92 bits per heavy atom. The zero-order valence-corrected chi connectivity index (χ0v) is 15.2. The SMILES string of the molecule is CCNC(=NCc1ccnc(-n2ccnc2)c1)NCc1ccc(C)cc1. The van der Waals surface area contributed by atoms with Crippen molar-refractivity contribution in [2.24, 2.45) is 4.99 Å². The lowest BCUT2D eigenvalue weighted by Gasteiger charge is -2.12. The number of imidazole rings is 1. The predicted octanol–water partition coefficient (Wildman–Crippen LogP) is 2.83. The van der Waals surface area contributed by atoms with Crippen molar-refractivity contribution < 1.29 is 0 Å². The highest BCUT2D eigenvalue weighted by Crippen LogP contribution is 2.08. The molecule has 1 aromatic carbocycles. The van der Waals surface area contributed by atoms with Gasteiger partial charge in [0.25, 0.3) is 0 Å². The summed E-state index contributed by atoms with van der Waals surface area (Å²) >= 11 is 0. The average Bonchev–Trinajstić information content (AvgIpc) is 3.20. The predicted molar refractivity (Wildman–Crippen MR) is 104 cm³/mol. The van der Waals surface area contributed by atoms with Gasteiger partial charge in [0.05, 0.1) is 6.54 Å². The lowest BCUT2D eigenvalue weighted by atomic mass is 10.1. The summed E-state index contributed by atoms with van der Waals surface area (Å²) in [5.41, 5.74) is 3.59. The second-order valence-electron chi connectivity index (χ2n) is 6.03. The average molecular weight is 348 g/mol. The molecule has 2 aromatic heterocycles. The van der Waals surface area contributed by atoms with E-state index in [9.17, 15) is 0 Å². The minimum absolute atomic E-state index is 0.577. The van der Waals surface area contributed by atoms with Gasteiger partial charge in [0.15, 0.2) is 5.96 Å². The normalized spacial score (nSPS) is 11.4. The molecule has 3 rings (SSSR count). The van der Waals surface area contributed by atoms with E-state index in [0.29, 0.717) is 6.54 Å². The number of aryl methyl sites for hydroxylation is 1. The van der Waals surface area contributed by atoms with Gasteiger partial charge in [0, 0.05) is 31.7 Å². The largest absolute Gasteiger partial charge is 0.357 e. The fourth-order valence-electron chi connectivity index (χ4n) is 2.50. The van der Waals surface area contributed by atoms with Gasteiger partial charge in [0.2, 0.25) is 0 Å². The van der Waals surface area contributed by atoms with Crippen molar-refractivity contribution in [1.29, 1.82) is 0 Å². The summed E-state index contributed by atoms with van der Waals surface area (Å²) in [6.07, 6.45) is 7.16. The lowest BCUT2D eigenvalue weighted by Crippen LogP contribution is -2.36. The maximum absolute atomic E-state index is 4.68. The number of nitrogens with zero attached hydrogens (tertiary/aromatic N) is 4. The molecule has 6 nitrogen and oxygen atoms in total. The molecule has 0 radical (unpaired) electrons. The van der Waals surface area contributed by atoms with Crippen LogP contribution in [-0.2, 0) is 13.1 Å². The second kappa shape index (κ2) is 8.80. The summed E-state index contributed by atoms with van der Waals surface area (Å²) in [6, 6.07) is 12.5. The number of aliphatic imine (C=N–C) groups is 1. The maximum atomic E-state index is 4.68. The van der Waals surface area contributed by atoms with E-state index in [1.807, 2.05) is 22.9 Å². The Morgan fingerprint density at radius 1 is 1.08 bits per heavy atom. The van der Waals surface area contributed by atoms with Crippen LogP contribution in [-0.4, -0.2) is 27.0 Å². The van der Waals surface area contributed by atoms with Crippen molar-refractivity contribution in [2.45, 2.75) is 26.9 Å². The van der Waals surface area contributed by atoms with Gasteiger partial charge in [-0.3, -0.25) is 4.57 Å². The fourth-order valence-corrected chi connectivity index (χ4v) is 2.50. The van der Waals surface area contributed by atoms with Crippen molar-refractivity contribution in [3.05, 3.63) is 78.0 Å². The van der Waals surface area contributed by atoms with Crippen LogP contribution in [0.3, 0.4) is 0 Å². The molecular formula is C20H24N6. The first-order valence-corrected chi connectivity index (χ1v) is 8.75. The van der Waals surface area contributed by atoms with E-state index in [1.165, 1.54) is 11.1 Å². The van der Waals surface area contributed by atoms with Gasteiger partial charge >= 0.3 is 0 Å². The fraction of sp³-hybridized carbons (Fsp3) is 0.250. The third-order valence-electron chi connectivity index (χ3n) is 3.92. The van der Waals surface area contributed by atoms with E-state index in [1.54, 1.807) is 18.7 Å². The minimum atomic E-state index is 0.577. The van der Waals surface area contributed by atoms with Crippen LogP contribution in [0, 0.1) is 6.92 Å². The summed E-state index contributed by atoms with van der Waals surface area (Å²) in [5.74, 6) is 1.64. The van der Waals surface area contributed by atoms with Crippen LogP contribution in [0.1, 0.15) is 23.6 Å². The van der Waals surface area contributed by atoms with Gasteiger partial charge < -0.3 is 10.6 Å². The third kappa shape index (κ3) is 4.92. The van der Waals surface area contributed by atoms with Crippen LogP contribution in [0.15, 0.2) is 66.3 Å². The summed E-state index contributed by atoms with van der Waals surface area (Å²) < 4.78 is 1.88. The van der Waals surface area contributed by atoms with E-state index in [0.717, 1.165) is 30.4 Å². The first-order valence-electron chi connectivity index (χ1n) is 8.75. The van der Waals surface area contributed by atoms with E-state index < -0.39 is 0 Å². The molecule has 3 aromatic rings.